The molecule has 0 aliphatic rings. The monoisotopic (exact) mass is 243 g/mol. The van der Waals surface area contributed by atoms with Crippen LogP contribution in [0.25, 0.3) is 0 Å². The van der Waals surface area contributed by atoms with Crippen LogP contribution in [0.3, 0.4) is 0 Å². The highest BCUT2D eigenvalue weighted by Crippen LogP contribution is 2.33. The third-order valence-corrected chi connectivity index (χ3v) is 2.92. The van der Waals surface area contributed by atoms with Crippen LogP contribution in [0.1, 0.15) is 0 Å². The topological polar surface area (TPSA) is 3.24 Å². The molecule has 1 nitrogen and oxygen atoms in total. The van der Waals surface area contributed by atoms with Crippen molar-refractivity contribution in [2.45, 2.75) is 0 Å². The predicted molar refractivity (Wildman–Crippen MR) is 78.8 cm³/mol. The van der Waals surface area contributed by atoms with Gasteiger partial charge in [0.05, 0.1) is 0 Å². The molecule has 0 aliphatic heterocycles. The predicted octanol–water partition coefficient (Wildman–Crippen LogP) is 4.76. The maximum absolute atomic E-state index is 3.08. The Morgan fingerprint density at radius 1 is 0.579 bits per heavy atom. The van der Waals surface area contributed by atoms with Crippen LogP contribution in [0, 0.1) is 12.1 Å². The molecular weight excluding hydrogens is 230 g/mol. The Kier molecular flexibility index (Phi) is 3.28. The van der Waals surface area contributed by atoms with Crippen molar-refractivity contribution in [1.82, 2.24) is 0 Å². The smallest absolute Gasteiger partial charge is 0.0473 e. The summed E-state index contributed by atoms with van der Waals surface area (Å²) in [6.45, 7) is 0. The molecule has 0 N–H and O–H groups in total. The van der Waals surface area contributed by atoms with E-state index in [-0.39, 0.29) is 0 Å². The van der Waals surface area contributed by atoms with Crippen molar-refractivity contribution >= 4 is 17.1 Å². The van der Waals surface area contributed by atoms with Crippen LogP contribution in [0.15, 0.2) is 78.9 Å². The molecule has 0 unspecified atom stereocenters. The molecule has 3 aromatic carbocycles. The molecule has 0 bridgehead atoms. The number of nitrogens with zero attached hydrogens (tertiary/aromatic N) is 1. The maximum atomic E-state index is 3.08. The summed E-state index contributed by atoms with van der Waals surface area (Å²) in [5, 5.41) is 0. The molecule has 0 heterocycles. The fourth-order valence-corrected chi connectivity index (χ4v) is 2.07. The molecule has 0 aromatic heterocycles. The first kappa shape index (κ1) is 11.5. The van der Waals surface area contributed by atoms with E-state index >= 15 is 0 Å². The largest absolute Gasteiger partial charge is 0.310 e. The first-order chi connectivity index (χ1) is 9.45. The molecule has 3 aromatic rings. The molecule has 19 heavy (non-hydrogen) atoms. The van der Waals surface area contributed by atoms with E-state index in [1.807, 2.05) is 48.5 Å². The van der Waals surface area contributed by atoms with Gasteiger partial charge in [0.2, 0.25) is 0 Å². The van der Waals surface area contributed by atoms with Gasteiger partial charge in [-0.1, -0.05) is 36.4 Å². The van der Waals surface area contributed by atoms with E-state index < -0.39 is 0 Å². The Balaban J connectivity index is 2.12. The quantitative estimate of drug-likeness (QED) is 0.641. The number of benzene rings is 3. The molecular formula is C18H13N. The summed E-state index contributed by atoms with van der Waals surface area (Å²) in [5.41, 5.74) is 3.31. The lowest BCUT2D eigenvalue weighted by molar-refractivity contribution is 1.28. The lowest BCUT2D eigenvalue weighted by Gasteiger charge is -2.25. The summed E-state index contributed by atoms with van der Waals surface area (Å²) < 4.78 is 0. The second kappa shape index (κ2) is 5.40. The SMILES string of the molecule is [c]1c[c]cc(N(c2ccccc2)c2ccccc2)c1. The molecule has 0 saturated carbocycles. The molecule has 1 heteroatoms. The van der Waals surface area contributed by atoms with E-state index in [9.17, 15) is 0 Å². The van der Waals surface area contributed by atoms with Gasteiger partial charge in [-0.25, -0.2) is 0 Å². The minimum Gasteiger partial charge on any atom is -0.310 e. The van der Waals surface area contributed by atoms with E-state index in [1.165, 1.54) is 0 Å². The minimum absolute atomic E-state index is 1.06. The van der Waals surface area contributed by atoms with Crippen LogP contribution in [-0.4, -0.2) is 0 Å². The Morgan fingerprint density at radius 2 is 1.05 bits per heavy atom. The average molecular weight is 243 g/mol. The van der Waals surface area contributed by atoms with E-state index in [2.05, 4.69) is 41.3 Å². The van der Waals surface area contributed by atoms with Crippen molar-refractivity contribution in [3.8, 4) is 0 Å². The highest BCUT2D eigenvalue weighted by atomic mass is 15.1. The van der Waals surface area contributed by atoms with Gasteiger partial charge in [-0.15, -0.1) is 0 Å². The van der Waals surface area contributed by atoms with E-state index in [0.717, 1.165) is 17.1 Å². The zero-order valence-electron chi connectivity index (χ0n) is 10.5. The van der Waals surface area contributed by atoms with Gasteiger partial charge in [-0.2, -0.15) is 0 Å². The Bertz CT molecular complexity index is 524. The third kappa shape index (κ3) is 2.50. The van der Waals surface area contributed by atoms with Crippen molar-refractivity contribution < 1.29 is 0 Å². The Morgan fingerprint density at radius 3 is 1.53 bits per heavy atom. The Hall–Kier alpha value is -2.54. The van der Waals surface area contributed by atoms with Gasteiger partial charge in [0.15, 0.2) is 0 Å². The van der Waals surface area contributed by atoms with Crippen LogP contribution in [0.2, 0.25) is 0 Å². The second-order valence-corrected chi connectivity index (χ2v) is 4.20. The second-order valence-electron chi connectivity index (χ2n) is 4.20. The van der Waals surface area contributed by atoms with Crippen molar-refractivity contribution in [2.24, 2.45) is 0 Å². The molecule has 0 fully saturated rings. The van der Waals surface area contributed by atoms with Crippen molar-refractivity contribution in [2.75, 3.05) is 4.90 Å². The van der Waals surface area contributed by atoms with Crippen molar-refractivity contribution in [1.29, 1.82) is 0 Å². The zero-order chi connectivity index (χ0) is 12.9. The number of para-hydroxylation sites is 2. The van der Waals surface area contributed by atoms with E-state index in [0.29, 0.717) is 0 Å². The molecule has 2 radical (unpaired) electrons. The van der Waals surface area contributed by atoms with Crippen LogP contribution < -0.4 is 4.90 Å². The lowest BCUT2D eigenvalue weighted by atomic mass is 10.2. The molecule has 0 aliphatic carbocycles. The van der Waals surface area contributed by atoms with Gasteiger partial charge in [-0.3, -0.25) is 0 Å². The summed E-state index contributed by atoms with van der Waals surface area (Å²) in [4.78, 5) is 2.19. The fourth-order valence-electron chi connectivity index (χ4n) is 2.07. The summed E-state index contributed by atoms with van der Waals surface area (Å²) in [5.74, 6) is 0. The maximum Gasteiger partial charge on any atom is 0.0473 e. The number of hydrogen-bond acceptors (Lipinski definition) is 1. The van der Waals surface area contributed by atoms with Crippen molar-refractivity contribution in [3.05, 3.63) is 91.0 Å². The average Bonchev–Trinajstić information content (AvgIpc) is 2.51. The normalized spacial score (nSPS) is 10.1. The zero-order valence-corrected chi connectivity index (χ0v) is 10.5. The summed E-state index contributed by atoms with van der Waals surface area (Å²) in [6.07, 6.45) is 0. The van der Waals surface area contributed by atoms with Gasteiger partial charge in [-0.05, 0) is 54.6 Å². The summed E-state index contributed by atoms with van der Waals surface area (Å²) >= 11 is 0. The minimum atomic E-state index is 1.06. The van der Waals surface area contributed by atoms with Crippen LogP contribution in [0.5, 0.6) is 0 Å². The molecule has 0 spiro atoms. The number of rotatable bonds is 3. The van der Waals surface area contributed by atoms with Gasteiger partial charge < -0.3 is 4.90 Å². The van der Waals surface area contributed by atoms with E-state index in [1.54, 1.807) is 6.07 Å². The standard InChI is InChI=1S/C18H13N/c1-4-10-16(11-5-1)19(17-12-6-2-7-13-17)18-14-8-3-9-15-18/h1-7,10-15H. The van der Waals surface area contributed by atoms with Gasteiger partial charge in [0, 0.05) is 17.1 Å². The van der Waals surface area contributed by atoms with E-state index in [4.69, 9.17) is 0 Å². The number of hydrogen-bond donors (Lipinski definition) is 0. The molecule has 0 saturated heterocycles. The molecule has 90 valence electrons. The first-order valence-corrected chi connectivity index (χ1v) is 6.22. The molecule has 0 atom stereocenters. The molecule has 3 rings (SSSR count). The third-order valence-electron chi connectivity index (χ3n) is 2.92. The first-order valence-electron chi connectivity index (χ1n) is 6.22. The fraction of sp³-hybridized carbons (Fsp3) is 0. The highest BCUT2D eigenvalue weighted by Gasteiger charge is 2.10. The van der Waals surface area contributed by atoms with Gasteiger partial charge >= 0.3 is 0 Å². The van der Waals surface area contributed by atoms with Gasteiger partial charge in [0.25, 0.3) is 0 Å². The Labute approximate surface area is 113 Å². The van der Waals surface area contributed by atoms with Crippen LogP contribution >= 0.6 is 0 Å². The molecule has 0 amide bonds. The summed E-state index contributed by atoms with van der Waals surface area (Å²) in [7, 11) is 0. The summed E-state index contributed by atoms with van der Waals surface area (Å²) in [6, 6.07) is 32.5. The number of anilines is 3. The van der Waals surface area contributed by atoms with Crippen LogP contribution in [-0.2, 0) is 0 Å². The van der Waals surface area contributed by atoms with Crippen molar-refractivity contribution in [3.63, 3.8) is 0 Å². The highest BCUT2D eigenvalue weighted by molar-refractivity contribution is 5.75. The van der Waals surface area contributed by atoms with Crippen LogP contribution in [0.4, 0.5) is 17.1 Å². The lowest BCUT2D eigenvalue weighted by Crippen LogP contribution is -2.09. The van der Waals surface area contributed by atoms with Gasteiger partial charge in [0.1, 0.15) is 0 Å².